The number of carbonyl (C=O) groups excluding carboxylic acids is 1. The predicted octanol–water partition coefficient (Wildman–Crippen LogP) is 3.11. The van der Waals surface area contributed by atoms with E-state index in [1.807, 2.05) is 42.7 Å². The number of nitrogens with zero attached hydrogens (tertiary/aromatic N) is 2. The Kier molecular flexibility index (Phi) is 4.96. The lowest BCUT2D eigenvalue weighted by molar-refractivity contribution is -0.123. The van der Waals surface area contributed by atoms with E-state index in [1.54, 1.807) is 0 Å². The van der Waals surface area contributed by atoms with E-state index in [2.05, 4.69) is 22.0 Å². The minimum absolute atomic E-state index is 0.177. The second kappa shape index (κ2) is 7.32. The molecule has 3 nitrogen and oxygen atoms in total. The van der Waals surface area contributed by atoms with Crippen molar-refractivity contribution in [3.05, 3.63) is 66.0 Å². The number of rotatable bonds is 5. The summed E-state index contributed by atoms with van der Waals surface area (Å²) < 4.78 is 0. The molecule has 1 aliphatic rings. The van der Waals surface area contributed by atoms with E-state index in [0.717, 1.165) is 38.0 Å². The van der Waals surface area contributed by atoms with Crippen molar-refractivity contribution >= 4 is 5.78 Å². The van der Waals surface area contributed by atoms with Gasteiger partial charge in [0, 0.05) is 37.8 Å². The fraction of sp³-hybridized carbons (Fsp3) is 0.368. The highest BCUT2D eigenvalue weighted by Gasteiger charge is 2.25. The molecule has 0 N–H and O–H groups in total. The van der Waals surface area contributed by atoms with Gasteiger partial charge in [0.25, 0.3) is 0 Å². The lowest BCUT2D eigenvalue weighted by atomic mass is 9.90. The summed E-state index contributed by atoms with van der Waals surface area (Å²) in [5.74, 6) is 0.557. The van der Waals surface area contributed by atoms with Crippen molar-refractivity contribution in [3.63, 3.8) is 0 Å². The van der Waals surface area contributed by atoms with Crippen molar-refractivity contribution in [2.75, 3.05) is 13.1 Å². The second-order valence-corrected chi connectivity index (χ2v) is 6.06. The van der Waals surface area contributed by atoms with E-state index in [-0.39, 0.29) is 5.92 Å². The van der Waals surface area contributed by atoms with Gasteiger partial charge in [-0.25, -0.2) is 0 Å². The Hall–Kier alpha value is -2.00. The molecule has 2 aromatic rings. The number of hydrogen-bond donors (Lipinski definition) is 0. The third kappa shape index (κ3) is 4.01. The summed E-state index contributed by atoms with van der Waals surface area (Å²) in [6.07, 6.45) is 6.36. The number of hydrogen-bond acceptors (Lipinski definition) is 3. The summed E-state index contributed by atoms with van der Waals surface area (Å²) in [6, 6.07) is 14.2. The van der Waals surface area contributed by atoms with Crippen molar-refractivity contribution < 1.29 is 4.79 Å². The zero-order valence-corrected chi connectivity index (χ0v) is 12.8. The highest BCUT2D eigenvalue weighted by molar-refractivity contribution is 5.83. The first-order chi connectivity index (χ1) is 10.8. The number of aromatic nitrogens is 1. The normalized spacial score (nSPS) is 19.0. The molecule has 0 aliphatic carbocycles. The summed E-state index contributed by atoms with van der Waals surface area (Å²) in [7, 11) is 0. The maximum absolute atomic E-state index is 12.5. The number of pyridine rings is 1. The molecule has 0 saturated carbocycles. The minimum Gasteiger partial charge on any atom is -0.299 e. The molecule has 2 heterocycles. The summed E-state index contributed by atoms with van der Waals surface area (Å²) in [6.45, 7) is 2.88. The Morgan fingerprint density at radius 1 is 1.09 bits per heavy atom. The van der Waals surface area contributed by atoms with Crippen molar-refractivity contribution in [2.24, 2.45) is 5.92 Å². The molecule has 0 amide bonds. The largest absolute Gasteiger partial charge is 0.299 e. The molecule has 0 radical (unpaired) electrons. The molecule has 114 valence electrons. The molecule has 1 atom stereocenters. The van der Waals surface area contributed by atoms with Crippen LogP contribution in [0.15, 0.2) is 54.9 Å². The monoisotopic (exact) mass is 294 g/mol. The Morgan fingerprint density at radius 3 is 2.64 bits per heavy atom. The predicted molar refractivity (Wildman–Crippen MR) is 87.4 cm³/mol. The van der Waals surface area contributed by atoms with Gasteiger partial charge in [0.1, 0.15) is 5.78 Å². The summed E-state index contributed by atoms with van der Waals surface area (Å²) in [5, 5.41) is 0. The summed E-state index contributed by atoms with van der Waals surface area (Å²) >= 11 is 0. The first-order valence-electron chi connectivity index (χ1n) is 7.99. The topological polar surface area (TPSA) is 33.2 Å². The molecule has 1 aliphatic heterocycles. The van der Waals surface area contributed by atoms with Crippen LogP contribution >= 0.6 is 0 Å². The molecule has 3 heteroatoms. The lowest BCUT2D eigenvalue weighted by Crippen LogP contribution is -2.38. The maximum Gasteiger partial charge on any atom is 0.141 e. The van der Waals surface area contributed by atoms with Gasteiger partial charge in [0.15, 0.2) is 0 Å². The first-order valence-corrected chi connectivity index (χ1v) is 7.99. The molecule has 1 aromatic heterocycles. The Morgan fingerprint density at radius 2 is 1.86 bits per heavy atom. The van der Waals surface area contributed by atoms with E-state index in [9.17, 15) is 4.79 Å². The zero-order valence-electron chi connectivity index (χ0n) is 12.8. The molecule has 3 rings (SSSR count). The third-order valence-electron chi connectivity index (χ3n) is 4.34. The van der Waals surface area contributed by atoms with Crippen LogP contribution in [-0.4, -0.2) is 28.8 Å². The van der Waals surface area contributed by atoms with E-state index < -0.39 is 0 Å². The minimum atomic E-state index is 0.177. The molecule has 1 saturated heterocycles. The van der Waals surface area contributed by atoms with Gasteiger partial charge in [-0.2, -0.15) is 0 Å². The summed E-state index contributed by atoms with van der Waals surface area (Å²) in [5.41, 5.74) is 2.39. The molecule has 0 spiro atoms. The van der Waals surface area contributed by atoms with Gasteiger partial charge in [-0.15, -0.1) is 0 Å². The van der Waals surface area contributed by atoms with E-state index >= 15 is 0 Å². The highest BCUT2D eigenvalue weighted by Crippen LogP contribution is 2.20. The Labute approximate surface area is 132 Å². The number of ketones is 1. The van der Waals surface area contributed by atoms with Gasteiger partial charge < -0.3 is 0 Å². The number of likely N-dealkylation sites (tertiary alicyclic amines) is 1. The number of carbonyl (C=O) groups is 1. The fourth-order valence-corrected chi connectivity index (χ4v) is 3.15. The van der Waals surface area contributed by atoms with Gasteiger partial charge in [-0.05, 0) is 42.6 Å². The van der Waals surface area contributed by atoms with Crippen LogP contribution < -0.4 is 0 Å². The van der Waals surface area contributed by atoms with Crippen molar-refractivity contribution in [3.8, 4) is 0 Å². The fourth-order valence-electron chi connectivity index (χ4n) is 3.15. The molecule has 1 unspecified atom stereocenters. The number of benzene rings is 1. The quantitative estimate of drug-likeness (QED) is 0.849. The molecule has 22 heavy (non-hydrogen) atoms. The van der Waals surface area contributed by atoms with Crippen molar-refractivity contribution in [1.29, 1.82) is 0 Å². The lowest BCUT2D eigenvalue weighted by Gasteiger charge is -2.32. The van der Waals surface area contributed by atoms with E-state index in [4.69, 9.17) is 0 Å². The van der Waals surface area contributed by atoms with Crippen LogP contribution in [0.25, 0.3) is 0 Å². The zero-order chi connectivity index (χ0) is 15.2. The Balaban J connectivity index is 1.57. The maximum atomic E-state index is 12.5. The number of piperidine rings is 1. The molecule has 0 bridgehead atoms. The smallest absolute Gasteiger partial charge is 0.141 e. The average Bonchev–Trinajstić information content (AvgIpc) is 2.57. The molecule has 1 aromatic carbocycles. The second-order valence-electron chi connectivity index (χ2n) is 6.06. The average molecular weight is 294 g/mol. The standard InChI is InChI=1S/C19H22N2O/c22-19(13-16-5-2-1-3-6-16)18-7-4-12-21(15-18)14-17-8-10-20-11-9-17/h1-3,5-6,8-11,18H,4,7,12-15H2. The number of Topliss-reactive ketones (excluding diaryl/α,β-unsaturated/α-hetero) is 1. The molecule has 1 fully saturated rings. The van der Waals surface area contributed by atoms with E-state index in [0.29, 0.717) is 12.2 Å². The van der Waals surface area contributed by atoms with Crippen LogP contribution in [0, 0.1) is 5.92 Å². The van der Waals surface area contributed by atoms with Crippen LogP contribution in [-0.2, 0) is 17.8 Å². The SMILES string of the molecule is O=C(Cc1ccccc1)C1CCCN(Cc2ccncc2)C1. The van der Waals surface area contributed by atoms with Crippen LogP contribution in [0.2, 0.25) is 0 Å². The van der Waals surface area contributed by atoms with Gasteiger partial charge in [-0.3, -0.25) is 14.7 Å². The van der Waals surface area contributed by atoms with Gasteiger partial charge in [-0.1, -0.05) is 30.3 Å². The van der Waals surface area contributed by atoms with Gasteiger partial charge in [0.2, 0.25) is 0 Å². The van der Waals surface area contributed by atoms with Crippen molar-refractivity contribution in [2.45, 2.75) is 25.8 Å². The first kappa shape index (κ1) is 14.9. The van der Waals surface area contributed by atoms with Gasteiger partial charge >= 0.3 is 0 Å². The van der Waals surface area contributed by atoms with Crippen LogP contribution in [0.3, 0.4) is 0 Å². The van der Waals surface area contributed by atoms with Crippen LogP contribution in [0.4, 0.5) is 0 Å². The highest BCUT2D eigenvalue weighted by atomic mass is 16.1. The van der Waals surface area contributed by atoms with Crippen LogP contribution in [0.5, 0.6) is 0 Å². The summed E-state index contributed by atoms with van der Waals surface area (Å²) in [4.78, 5) is 19.0. The van der Waals surface area contributed by atoms with Crippen LogP contribution in [0.1, 0.15) is 24.0 Å². The molecular weight excluding hydrogens is 272 g/mol. The van der Waals surface area contributed by atoms with Crippen molar-refractivity contribution in [1.82, 2.24) is 9.88 Å². The molecular formula is C19H22N2O. The third-order valence-corrected chi connectivity index (χ3v) is 4.34. The van der Waals surface area contributed by atoms with Gasteiger partial charge in [0.05, 0.1) is 0 Å². The van der Waals surface area contributed by atoms with E-state index in [1.165, 1.54) is 5.56 Å². The Bertz CT molecular complexity index is 597.